The van der Waals surface area contributed by atoms with Gasteiger partial charge in [0, 0.05) is 5.69 Å². The molecule has 0 heterocycles. The molecule has 9 heteroatoms. The molecule has 0 fully saturated rings. The summed E-state index contributed by atoms with van der Waals surface area (Å²) in [6, 6.07) is 9.23. The molecule has 2 rings (SSSR count). The minimum absolute atomic E-state index is 0.112. The number of esters is 1. The second-order valence-electron chi connectivity index (χ2n) is 5.65. The van der Waals surface area contributed by atoms with Gasteiger partial charge in [-0.3, -0.25) is 9.59 Å². The number of hydrogen-bond donors (Lipinski definition) is 1. The van der Waals surface area contributed by atoms with Crippen LogP contribution in [0.4, 0.5) is 14.5 Å². The number of nitrogens with one attached hydrogen (secondary N) is 1. The highest BCUT2D eigenvalue weighted by Crippen LogP contribution is 2.14. The second-order valence-corrected chi connectivity index (χ2v) is 7.76. The van der Waals surface area contributed by atoms with Crippen LogP contribution in [-0.2, 0) is 24.2 Å². The predicted molar refractivity (Wildman–Crippen MR) is 93.7 cm³/mol. The summed E-state index contributed by atoms with van der Waals surface area (Å²) < 4.78 is 54.8. The summed E-state index contributed by atoms with van der Waals surface area (Å²) >= 11 is 0. The third kappa shape index (κ3) is 6.14. The van der Waals surface area contributed by atoms with Gasteiger partial charge < -0.3 is 10.1 Å². The molecule has 6 nitrogen and oxygen atoms in total. The van der Waals surface area contributed by atoms with E-state index in [9.17, 15) is 26.8 Å². The van der Waals surface area contributed by atoms with Crippen LogP contribution < -0.4 is 5.32 Å². The molecule has 0 aliphatic heterocycles. The number of benzene rings is 2. The Hall–Kier alpha value is -2.81. The number of hydrogen-bond acceptors (Lipinski definition) is 5. The number of ether oxygens (including phenoxy) is 1. The molecule has 1 N–H and O–H groups in total. The van der Waals surface area contributed by atoms with E-state index in [0.29, 0.717) is 5.69 Å². The van der Waals surface area contributed by atoms with E-state index in [1.807, 2.05) is 0 Å². The Labute approximate surface area is 155 Å². The van der Waals surface area contributed by atoms with Gasteiger partial charge in [0.2, 0.25) is 0 Å². The molecule has 0 radical (unpaired) electrons. The molecule has 27 heavy (non-hydrogen) atoms. The van der Waals surface area contributed by atoms with E-state index < -0.39 is 51.6 Å². The summed E-state index contributed by atoms with van der Waals surface area (Å²) in [4.78, 5) is 23.7. The molecule has 2 aromatic carbocycles. The van der Waals surface area contributed by atoms with Crippen molar-refractivity contribution < 1.29 is 31.5 Å². The van der Waals surface area contributed by atoms with Crippen molar-refractivity contribution in [2.24, 2.45) is 0 Å². The highest BCUT2D eigenvalue weighted by molar-refractivity contribution is 7.91. The fraction of sp³-hybridized carbons (Fsp3) is 0.222. The van der Waals surface area contributed by atoms with Crippen molar-refractivity contribution in [3.8, 4) is 0 Å². The molecule has 0 aliphatic rings. The fourth-order valence-electron chi connectivity index (χ4n) is 2.06. The van der Waals surface area contributed by atoms with Crippen LogP contribution >= 0.6 is 0 Å². The van der Waals surface area contributed by atoms with Crippen LogP contribution in [0.3, 0.4) is 0 Å². The van der Waals surface area contributed by atoms with Crippen molar-refractivity contribution in [3.05, 3.63) is 60.2 Å². The maximum absolute atomic E-state index is 12.9. The summed E-state index contributed by atoms with van der Waals surface area (Å²) in [7, 11) is -3.78. The Morgan fingerprint density at radius 1 is 1.00 bits per heavy atom. The van der Waals surface area contributed by atoms with Crippen molar-refractivity contribution in [2.45, 2.75) is 24.3 Å². The summed E-state index contributed by atoms with van der Waals surface area (Å²) in [6.07, 6.45) is -1.63. The lowest BCUT2D eigenvalue weighted by Gasteiger charge is -2.13. The van der Waals surface area contributed by atoms with Crippen molar-refractivity contribution in [3.63, 3.8) is 0 Å². The van der Waals surface area contributed by atoms with Gasteiger partial charge in [0.25, 0.3) is 5.91 Å². The van der Waals surface area contributed by atoms with Gasteiger partial charge in [0.15, 0.2) is 15.9 Å². The highest BCUT2D eigenvalue weighted by atomic mass is 32.2. The number of sulfone groups is 1. The monoisotopic (exact) mass is 397 g/mol. The summed E-state index contributed by atoms with van der Waals surface area (Å²) in [5.74, 6) is -3.09. The molecule has 2 aromatic rings. The van der Waals surface area contributed by atoms with E-state index in [2.05, 4.69) is 5.32 Å². The smallest absolute Gasteiger partial charge is 0.307 e. The molecule has 0 aromatic heterocycles. The Balaban J connectivity index is 1.86. The lowest BCUT2D eigenvalue weighted by Crippen LogP contribution is -2.30. The van der Waals surface area contributed by atoms with Crippen molar-refractivity contribution in [1.82, 2.24) is 0 Å². The van der Waals surface area contributed by atoms with Gasteiger partial charge >= 0.3 is 5.97 Å². The van der Waals surface area contributed by atoms with Crippen LogP contribution in [-0.4, -0.2) is 32.2 Å². The molecule has 0 unspecified atom stereocenters. The third-order valence-electron chi connectivity index (χ3n) is 3.54. The van der Waals surface area contributed by atoms with Gasteiger partial charge in [0.1, 0.15) is 11.6 Å². The van der Waals surface area contributed by atoms with Gasteiger partial charge in [-0.25, -0.2) is 17.2 Å². The zero-order valence-electron chi connectivity index (χ0n) is 14.3. The topological polar surface area (TPSA) is 89.5 Å². The first-order valence-electron chi connectivity index (χ1n) is 7.91. The Morgan fingerprint density at radius 2 is 1.52 bits per heavy atom. The lowest BCUT2D eigenvalue weighted by atomic mass is 10.3. The van der Waals surface area contributed by atoms with Gasteiger partial charge in [-0.05, 0) is 55.5 Å². The summed E-state index contributed by atoms with van der Waals surface area (Å²) in [5.41, 5.74) is 0.322. The third-order valence-corrected chi connectivity index (χ3v) is 5.27. The van der Waals surface area contributed by atoms with E-state index in [0.717, 1.165) is 36.4 Å². The summed E-state index contributed by atoms with van der Waals surface area (Å²) in [5, 5.41) is 2.44. The van der Waals surface area contributed by atoms with Crippen LogP contribution in [0.2, 0.25) is 0 Å². The molecule has 0 spiro atoms. The standard InChI is InChI=1S/C18H17F2NO5S/c1-12(18(23)21-15-6-2-13(19)3-7-15)26-17(22)10-11-27(24,25)16-8-4-14(20)5-9-16/h2-9,12H,10-11H2,1H3,(H,21,23)/t12-/m1/s1. The second kappa shape index (κ2) is 8.72. The van der Waals surface area contributed by atoms with Gasteiger partial charge in [-0.15, -0.1) is 0 Å². The van der Waals surface area contributed by atoms with Crippen LogP contribution in [0, 0.1) is 11.6 Å². The Kier molecular flexibility index (Phi) is 6.62. The Bertz CT molecular complexity index is 912. The first kappa shape index (κ1) is 20.5. The molecule has 144 valence electrons. The molecule has 0 saturated heterocycles. The first-order valence-corrected chi connectivity index (χ1v) is 9.57. The van der Waals surface area contributed by atoms with Crippen LogP contribution in [0.15, 0.2) is 53.4 Å². The number of rotatable bonds is 7. The zero-order chi connectivity index (χ0) is 20.0. The molecular formula is C18H17F2NO5S. The fourth-order valence-corrected chi connectivity index (χ4v) is 3.29. The number of carbonyl (C=O) groups is 2. The van der Waals surface area contributed by atoms with Gasteiger partial charge in [0.05, 0.1) is 17.1 Å². The molecule has 0 bridgehead atoms. The maximum atomic E-state index is 12.9. The normalized spacial score (nSPS) is 12.3. The summed E-state index contributed by atoms with van der Waals surface area (Å²) in [6.45, 7) is 1.32. The highest BCUT2D eigenvalue weighted by Gasteiger charge is 2.21. The molecule has 1 amide bonds. The van der Waals surface area contributed by atoms with Gasteiger partial charge in [-0.1, -0.05) is 0 Å². The average Bonchev–Trinajstić information content (AvgIpc) is 2.62. The Morgan fingerprint density at radius 3 is 2.07 bits per heavy atom. The maximum Gasteiger partial charge on any atom is 0.307 e. The van der Waals surface area contributed by atoms with Gasteiger partial charge in [-0.2, -0.15) is 0 Å². The van der Waals surface area contributed by atoms with Crippen molar-refractivity contribution in [1.29, 1.82) is 0 Å². The van der Waals surface area contributed by atoms with E-state index in [1.54, 1.807) is 0 Å². The minimum Gasteiger partial charge on any atom is -0.453 e. The van der Waals surface area contributed by atoms with Crippen LogP contribution in [0.25, 0.3) is 0 Å². The molecule has 0 saturated carbocycles. The molecule has 1 atom stereocenters. The largest absolute Gasteiger partial charge is 0.453 e. The number of anilines is 1. The van der Waals surface area contributed by atoms with E-state index >= 15 is 0 Å². The SMILES string of the molecule is C[C@@H](OC(=O)CCS(=O)(=O)c1ccc(F)cc1)C(=O)Nc1ccc(F)cc1. The quantitative estimate of drug-likeness (QED) is 0.573. The minimum atomic E-state index is -3.78. The van der Waals surface area contributed by atoms with Crippen LogP contribution in [0.5, 0.6) is 0 Å². The van der Waals surface area contributed by atoms with Crippen molar-refractivity contribution in [2.75, 3.05) is 11.1 Å². The predicted octanol–water partition coefficient (Wildman–Crippen LogP) is 2.70. The molecular weight excluding hydrogens is 380 g/mol. The van der Waals surface area contributed by atoms with Crippen LogP contribution in [0.1, 0.15) is 13.3 Å². The number of halogens is 2. The number of carbonyl (C=O) groups excluding carboxylic acids is 2. The number of amides is 1. The van der Waals surface area contributed by atoms with Crippen molar-refractivity contribution >= 4 is 27.4 Å². The first-order chi connectivity index (χ1) is 12.7. The van der Waals surface area contributed by atoms with E-state index in [1.165, 1.54) is 19.1 Å². The average molecular weight is 397 g/mol. The molecule has 0 aliphatic carbocycles. The lowest BCUT2D eigenvalue weighted by molar-refractivity contribution is -0.152. The van der Waals surface area contributed by atoms with E-state index in [-0.39, 0.29) is 4.90 Å². The zero-order valence-corrected chi connectivity index (χ0v) is 15.1. The van der Waals surface area contributed by atoms with E-state index in [4.69, 9.17) is 4.74 Å².